The number of hydrogen-bond donors (Lipinski definition) is 4. The first-order chi connectivity index (χ1) is 12.4. The first kappa shape index (κ1) is 14.0. The van der Waals surface area contributed by atoms with Crippen molar-refractivity contribution < 1.29 is 0 Å². The monoisotopic (exact) mass is 331 g/mol. The van der Waals surface area contributed by atoms with Crippen molar-refractivity contribution in [1.29, 1.82) is 0 Å². The van der Waals surface area contributed by atoms with Crippen LogP contribution in [0.4, 0.5) is 17.5 Å². The summed E-state index contributed by atoms with van der Waals surface area (Å²) in [6.07, 6.45) is 7.51. The minimum absolute atomic E-state index is 0.269. The van der Waals surface area contributed by atoms with Crippen LogP contribution in [0.5, 0.6) is 0 Å². The number of nitrogens with zero attached hydrogens (tertiary/aromatic N) is 3. The molecule has 3 aromatic heterocycles. The average molecular weight is 331 g/mol. The van der Waals surface area contributed by atoms with Crippen molar-refractivity contribution in [1.82, 2.24) is 25.1 Å². The Bertz CT molecular complexity index is 1020. The Hall–Kier alpha value is -3.35. The second-order valence-corrected chi connectivity index (χ2v) is 6.18. The van der Waals surface area contributed by atoms with Gasteiger partial charge in [-0.2, -0.15) is 15.1 Å². The van der Waals surface area contributed by atoms with E-state index < -0.39 is 0 Å². The van der Waals surface area contributed by atoms with Crippen molar-refractivity contribution in [2.45, 2.75) is 18.9 Å². The number of hydrogen-bond acceptors (Lipinski definition) is 5. The number of rotatable bonds is 4. The van der Waals surface area contributed by atoms with Crippen LogP contribution in [0.2, 0.25) is 0 Å². The first-order valence-electron chi connectivity index (χ1n) is 8.32. The van der Waals surface area contributed by atoms with E-state index >= 15 is 0 Å². The fraction of sp³-hybridized carbons (Fsp3) is 0.167. The first-order valence-corrected chi connectivity index (χ1v) is 8.32. The molecule has 0 spiro atoms. The zero-order valence-corrected chi connectivity index (χ0v) is 13.5. The Morgan fingerprint density at radius 1 is 1.12 bits per heavy atom. The van der Waals surface area contributed by atoms with Crippen molar-refractivity contribution >= 4 is 28.5 Å². The second-order valence-electron chi connectivity index (χ2n) is 6.18. The van der Waals surface area contributed by atoms with E-state index in [2.05, 4.69) is 60.0 Å². The van der Waals surface area contributed by atoms with Gasteiger partial charge in [0.1, 0.15) is 11.5 Å². The topological polar surface area (TPSA) is 94.3 Å². The molecule has 25 heavy (non-hydrogen) atoms. The van der Waals surface area contributed by atoms with E-state index in [4.69, 9.17) is 0 Å². The number of fused-ring (bicyclic) bond motifs is 2. The molecule has 7 nitrogen and oxygen atoms in total. The molecule has 1 atom stereocenters. The Morgan fingerprint density at radius 3 is 3.00 bits per heavy atom. The minimum atomic E-state index is 0.269. The van der Waals surface area contributed by atoms with Crippen molar-refractivity contribution in [2.75, 3.05) is 10.6 Å². The Kier molecular flexibility index (Phi) is 3.16. The molecule has 0 bridgehead atoms. The van der Waals surface area contributed by atoms with Gasteiger partial charge < -0.3 is 15.6 Å². The van der Waals surface area contributed by atoms with Crippen LogP contribution in [0.15, 0.2) is 48.9 Å². The lowest BCUT2D eigenvalue weighted by molar-refractivity contribution is 0.758. The van der Waals surface area contributed by atoms with Crippen molar-refractivity contribution in [3.8, 4) is 0 Å². The third-order valence-electron chi connectivity index (χ3n) is 4.61. The predicted octanol–water partition coefficient (Wildman–Crippen LogP) is 3.52. The summed E-state index contributed by atoms with van der Waals surface area (Å²) in [5.74, 6) is 1.36. The summed E-state index contributed by atoms with van der Waals surface area (Å²) in [4.78, 5) is 12.4. The zero-order chi connectivity index (χ0) is 16.6. The standard InChI is InChI=1S/C18H17N7/c1-2-4-13-11(3-1)5-6-15(13)23-17-14-7-8-19-16(14)24-18(25-17)22-12-9-20-21-10-12/h1-4,7-10,15H,5-6H2,(H,20,21)(H3,19,22,23,24,25)/t15-/m1/s1. The minimum Gasteiger partial charge on any atom is -0.363 e. The number of H-pyrrole nitrogens is 2. The quantitative estimate of drug-likeness (QED) is 0.459. The summed E-state index contributed by atoms with van der Waals surface area (Å²) in [5.41, 5.74) is 4.39. The lowest BCUT2D eigenvalue weighted by Crippen LogP contribution is -2.10. The van der Waals surface area contributed by atoms with Gasteiger partial charge in [-0.1, -0.05) is 24.3 Å². The maximum atomic E-state index is 4.69. The fourth-order valence-corrected chi connectivity index (χ4v) is 3.43. The van der Waals surface area contributed by atoms with Gasteiger partial charge in [0.2, 0.25) is 5.95 Å². The van der Waals surface area contributed by atoms with Gasteiger partial charge in [-0.15, -0.1) is 0 Å². The molecule has 0 fully saturated rings. The highest BCUT2D eigenvalue weighted by Gasteiger charge is 2.23. The summed E-state index contributed by atoms with van der Waals surface area (Å²) in [5, 5.41) is 14.5. The van der Waals surface area contributed by atoms with Crippen LogP contribution < -0.4 is 10.6 Å². The molecule has 124 valence electrons. The van der Waals surface area contributed by atoms with Crippen LogP contribution >= 0.6 is 0 Å². The van der Waals surface area contributed by atoms with Crippen molar-refractivity contribution in [2.24, 2.45) is 0 Å². The molecule has 0 saturated heterocycles. The molecule has 4 aromatic rings. The highest BCUT2D eigenvalue weighted by molar-refractivity contribution is 5.88. The molecule has 0 amide bonds. The fourth-order valence-electron chi connectivity index (χ4n) is 3.43. The summed E-state index contributed by atoms with van der Waals surface area (Å²) in [6, 6.07) is 10.9. The Labute approximate surface area is 143 Å². The maximum absolute atomic E-state index is 4.69. The van der Waals surface area contributed by atoms with Gasteiger partial charge >= 0.3 is 0 Å². The maximum Gasteiger partial charge on any atom is 0.231 e. The molecule has 1 aromatic carbocycles. The van der Waals surface area contributed by atoms with Gasteiger partial charge in [0.15, 0.2) is 0 Å². The number of aryl methyl sites for hydroxylation is 1. The van der Waals surface area contributed by atoms with Gasteiger partial charge in [-0.25, -0.2) is 0 Å². The Balaban J connectivity index is 1.51. The molecule has 5 rings (SSSR count). The molecule has 0 radical (unpaired) electrons. The van der Waals surface area contributed by atoms with Crippen molar-refractivity contribution in [3.63, 3.8) is 0 Å². The third kappa shape index (κ3) is 2.50. The largest absolute Gasteiger partial charge is 0.363 e. The number of benzene rings is 1. The molecule has 0 saturated carbocycles. The average Bonchev–Trinajstić information content (AvgIpc) is 3.36. The zero-order valence-electron chi connectivity index (χ0n) is 13.5. The molecule has 0 aliphatic heterocycles. The highest BCUT2D eigenvalue weighted by Crippen LogP contribution is 2.35. The van der Waals surface area contributed by atoms with E-state index in [0.717, 1.165) is 35.4 Å². The van der Waals surface area contributed by atoms with Crippen LogP contribution in [-0.2, 0) is 6.42 Å². The van der Waals surface area contributed by atoms with Gasteiger partial charge in [-0.3, -0.25) is 5.10 Å². The molecule has 0 unspecified atom stereocenters. The highest BCUT2D eigenvalue weighted by atomic mass is 15.2. The lowest BCUT2D eigenvalue weighted by atomic mass is 10.1. The number of nitrogens with one attached hydrogen (secondary N) is 4. The van der Waals surface area contributed by atoms with E-state index in [-0.39, 0.29) is 6.04 Å². The molecule has 3 heterocycles. The normalized spacial score (nSPS) is 16.1. The van der Waals surface area contributed by atoms with Gasteiger partial charge in [0, 0.05) is 12.4 Å². The summed E-state index contributed by atoms with van der Waals surface area (Å²) < 4.78 is 0. The van der Waals surface area contributed by atoms with Crippen LogP contribution in [0.3, 0.4) is 0 Å². The van der Waals surface area contributed by atoms with E-state index in [9.17, 15) is 0 Å². The van der Waals surface area contributed by atoms with Crippen LogP contribution in [0.25, 0.3) is 11.0 Å². The predicted molar refractivity (Wildman–Crippen MR) is 96.9 cm³/mol. The van der Waals surface area contributed by atoms with Crippen LogP contribution in [0.1, 0.15) is 23.6 Å². The molecule has 1 aliphatic carbocycles. The Morgan fingerprint density at radius 2 is 2.08 bits per heavy atom. The molecule has 7 heteroatoms. The van der Waals surface area contributed by atoms with E-state index in [1.54, 1.807) is 12.4 Å². The molecule has 1 aliphatic rings. The smallest absolute Gasteiger partial charge is 0.231 e. The molecular formula is C18H17N7. The van der Waals surface area contributed by atoms with Gasteiger partial charge in [-0.05, 0) is 30.0 Å². The number of aromatic nitrogens is 5. The van der Waals surface area contributed by atoms with E-state index in [1.807, 2.05) is 12.3 Å². The van der Waals surface area contributed by atoms with Crippen LogP contribution in [0, 0.1) is 0 Å². The number of aromatic amines is 2. The molecular weight excluding hydrogens is 314 g/mol. The molecule has 4 N–H and O–H groups in total. The van der Waals surface area contributed by atoms with Crippen molar-refractivity contribution in [3.05, 3.63) is 60.0 Å². The summed E-state index contributed by atoms with van der Waals surface area (Å²) >= 11 is 0. The lowest BCUT2D eigenvalue weighted by Gasteiger charge is -2.16. The second kappa shape index (κ2) is 5.62. The summed E-state index contributed by atoms with van der Waals surface area (Å²) in [6.45, 7) is 0. The SMILES string of the molecule is c1ccc2c(c1)CC[C@H]2Nc1nc(Nc2cn[nH]c2)nc2[nH]ccc12. The van der Waals surface area contributed by atoms with E-state index in [1.165, 1.54) is 11.1 Å². The van der Waals surface area contributed by atoms with E-state index in [0.29, 0.717) is 5.95 Å². The van der Waals surface area contributed by atoms with Gasteiger partial charge in [0.05, 0.1) is 23.3 Å². The third-order valence-corrected chi connectivity index (χ3v) is 4.61. The summed E-state index contributed by atoms with van der Waals surface area (Å²) in [7, 11) is 0. The van der Waals surface area contributed by atoms with Crippen LogP contribution in [-0.4, -0.2) is 25.1 Å². The number of anilines is 3. The van der Waals surface area contributed by atoms with Gasteiger partial charge in [0.25, 0.3) is 0 Å².